The predicted molar refractivity (Wildman–Crippen MR) is 131 cm³/mol. The molecule has 0 heterocycles. The van der Waals surface area contributed by atoms with Crippen LogP contribution in [0.2, 0.25) is 0 Å². The lowest BCUT2D eigenvalue weighted by Gasteiger charge is -2.11. The summed E-state index contributed by atoms with van der Waals surface area (Å²) in [6, 6.07) is 6.51. The van der Waals surface area contributed by atoms with Crippen molar-refractivity contribution in [3.05, 3.63) is 35.4 Å². The van der Waals surface area contributed by atoms with Crippen LogP contribution in [-0.4, -0.2) is 19.9 Å². The van der Waals surface area contributed by atoms with Crippen LogP contribution >= 0.6 is 37.2 Å². The van der Waals surface area contributed by atoms with E-state index >= 15 is 0 Å². The van der Waals surface area contributed by atoms with Crippen molar-refractivity contribution in [2.45, 2.75) is 65.2 Å². The van der Waals surface area contributed by atoms with Crippen molar-refractivity contribution >= 4 is 43.3 Å². The third kappa shape index (κ3) is 13.3. The largest absolute Gasteiger partial charge is 0.491 e. The molecule has 0 amide bonds. The van der Waals surface area contributed by atoms with Crippen molar-refractivity contribution in [1.29, 1.82) is 0 Å². The van der Waals surface area contributed by atoms with Gasteiger partial charge in [-0.05, 0) is 37.5 Å². The Bertz CT molecular complexity index is 467. The Morgan fingerprint density at radius 2 is 1.69 bits per heavy atom. The number of hydrogen-bond acceptors (Lipinski definition) is 3. The molecule has 1 aromatic rings. The molecule has 0 unspecified atom stereocenters. The number of rotatable bonds is 14. The lowest BCUT2D eigenvalue weighted by atomic mass is 10.0. The molecule has 26 heavy (non-hydrogen) atoms. The van der Waals surface area contributed by atoms with Gasteiger partial charge in [0.15, 0.2) is 0 Å². The normalized spacial score (nSPS) is 10.7. The highest BCUT2D eigenvalue weighted by Crippen LogP contribution is 2.23. The SMILES string of the molecule is C/C=C/c1cc(CCCCCCCCC)ccc1OCCOCN.II. The van der Waals surface area contributed by atoms with Crippen molar-refractivity contribution in [3.8, 4) is 5.75 Å². The minimum atomic E-state index is 0.239. The Labute approximate surface area is 183 Å². The zero-order chi connectivity index (χ0) is 19.5. The van der Waals surface area contributed by atoms with E-state index < -0.39 is 0 Å². The fraction of sp³-hybridized carbons (Fsp3) is 0.619. The van der Waals surface area contributed by atoms with Gasteiger partial charge in [-0.15, -0.1) is 0 Å². The number of allylic oxidation sites excluding steroid dienone is 1. The molecule has 0 spiro atoms. The van der Waals surface area contributed by atoms with E-state index in [9.17, 15) is 0 Å². The Hall–Kier alpha value is 0.140. The quantitative estimate of drug-likeness (QED) is 0.144. The smallest absolute Gasteiger partial charge is 0.126 e. The molecule has 150 valence electrons. The van der Waals surface area contributed by atoms with Crippen molar-refractivity contribution in [2.24, 2.45) is 5.73 Å². The van der Waals surface area contributed by atoms with Crippen LogP contribution in [0.1, 0.15) is 69.9 Å². The third-order valence-corrected chi connectivity index (χ3v) is 4.09. The van der Waals surface area contributed by atoms with Gasteiger partial charge in [0.25, 0.3) is 0 Å². The molecule has 0 fully saturated rings. The van der Waals surface area contributed by atoms with Crippen LogP contribution in [0.15, 0.2) is 24.3 Å². The van der Waals surface area contributed by atoms with Crippen LogP contribution in [-0.2, 0) is 11.2 Å². The highest BCUT2D eigenvalue weighted by atomic mass is 128. The molecule has 0 aliphatic rings. The summed E-state index contributed by atoms with van der Waals surface area (Å²) >= 11 is 4.24. The molecule has 0 aromatic heterocycles. The fourth-order valence-corrected chi connectivity index (χ4v) is 2.77. The van der Waals surface area contributed by atoms with E-state index in [1.165, 1.54) is 50.5 Å². The first-order chi connectivity index (χ1) is 12.8. The Kier molecular flexibility index (Phi) is 20.0. The third-order valence-electron chi connectivity index (χ3n) is 4.09. The Balaban J connectivity index is 0.00000301. The molecule has 1 rings (SSSR count). The van der Waals surface area contributed by atoms with Crippen molar-refractivity contribution < 1.29 is 9.47 Å². The van der Waals surface area contributed by atoms with Gasteiger partial charge in [-0.2, -0.15) is 0 Å². The number of nitrogens with two attached hydrogens (primary N) is 1. The first kappa shape index (κ1) is 26.1. The number of benzene rings is 1. The maximum Gasteiger partial charge on any atom is 0.126 e. The molecule has 0 atom stereocenters. The standard InChI is InChI=1S/C21H35NO2.I2/c1-3-5-6-7-8-9-10-12-19-13-14-21(20(17-19)11-4-2)24-16-15-23-18-22;1-2/h4,11,13-14,17H,3,5-10,12,15-16,18,22H2,1-2H3;/b11-4+;. The second-order valence-electron chi connectivity index (χ2n) is 6.17. The van der Waals surface area contributed by atoms with E-state index in [-0.39, 0.29) is 6.73 Å². The van der Waals surface area contributed by atoms with Gasteiger partial charge in [-0.25, -0.2) is 0 Å². The van der Waals surface area contributed by atoms with Crippen LogP contribution in [0.25, 0.3) is 6.08 Å². The second-order valence-corrected chi connectivity index (χ2v) is 6.17. The zero-order valence-corrected chi connectivity index (χ0v) is 20.6. The van der Waals surface area contributed by atoms with Gasteiger partial charge in [0.2, 0.25) is 0 Å². The summed E-state index contributed by atoms with van der Waals surface area (Å²) in [4.78, 5) is 0. The number of unbranched alkanes of at least 4 members (excludes halogenated alkanes) is 6. The maximum atomic E-state index is 5.80. The summed E-state index contributed by atoms with van der Waals surface area (Å²) in [6.45, 7) is 5.58. The van der Waals surface area contributed by atoms with Crippen LogP contribution in [0.3, 0.4) is 0 Å². The van der Waals surface area contributed by atoms with Crippen molar-refractivity contribution in [1.82, 2.24) is 0 Å². The summed E-state index contributed by atoms with van der Waals surface area (Å²) in [5.74, 6) is 0.914. The fourth-order valence-electron chi connectivity index (χ4n) is 2.77. The summed E-state index contributed by atoms with van der Waals surface area (Å²) in [5.41, 5.74) is 7.84. The minimum Gasteiger partial charge on any atom is -0.491 e. The molecule has 0 saturated carbocycles. The molecule has 0 aliphatic carbocycles. The summed E-state index contributed by atoms with van der Waals surface area (Å²) in [7, 11) is 0. The summed E-state index contributed by atoms with van der Waals surface area (Å²) < 4.78 is 10.9. The van der Waals surface area contributed by atoms with E-state index in [2.05, 4.69) is 74.5 Å². The first-order valence-electron chi connectivity index (χ1n) is 9.62. The van der Waals surface area contributed by atoms with E-state index in [1.54, 1.807) is 0 Å². The van der Waals surface area contributed by atoms with E-state index in [1.807, 2.05) is 6.92 Å². The Morgan fingerprint density at radius 3 is 2.35 bits per heavy atom. The highest BCUT2D eigenvalue weighted by Gasteiger charge is 2.03. The van der Waals surface area contributed by atoms with E-state index in [4.69, 9.17) is 15.2 Å². The van der Waals surface area contributed by atoms with E-state index in [0.29, 0.717) is 13.2 Å². The van der Waals surface area contributed by atoms with Crippen LogP contribution < -0.4 is 10.5 Å². The maximum absolute atomic E-state index is 5.80. The number of hydrogen-bond donors (Lipinski definition) is 1. The molecule has 0 radical (unpaired) electrons. The van der Waals surface area contributed by atoms with Crippen LogP contribution in [0.4, 0.5) is 0 Å². The molecular formula is C21H35I2NO2. The minimum absolute atomic E-state index is 0.239. The lowest BCUT2D eigenvalue weighted by Crippen LogP contribution is -2.12. The summed E-state index contributed by atoms with van der Waals surface area (Å²) in [6.07, 6.45) is 14.7. The van der Waals surface area contributed by atoms with Gasteiger partial charge >= 0.3 is 0 Å². The molecule has 2 N–H and O–H groups in total. The lowest BCUT2D eigenvalue weighted by molar-refractivity contribution is 0.105. The van der Waals surface area contributed by atoms with Gasteiger partial charge in [0, 0.05) is 42.8 Å². The van der Waals surface area contributed by atoms with Crippen LogP contribution in [0, 0.1) is 0 Å². The topological polar surface area (TPSA) is 44.5 Å². The first-order valence-corrected chi connectivity index (χ1v) is 15.9. The van der Waals surface area contributed by atoms with Crippen LogP contribution in [0.5, 0.6) is 5.75 Å². The molecule has 0 bridgehead atoms. The van der Waals surface area contributed by atoms with Crippen molar-refractivity contribution in [3.63, 3.8) is 0 Å². The molecule has 1 aromatic carbocycles. The number of halogens is 2. The van der Waals surface area contributed by atoms with Gasteiger partial charge in [0.1, 0.15) is 12.4 Å². The summed E-state index contributed by atoms with van der Waals surface area (Å²) in [5, 5.41) is 0. The average Bonchev–Trinajstić information content (AvgIpc) is 2.67. The molecule has 0 saturated heterocycles. The molecule has 5 heteroatoms. The Morgan fingerprint density at radius 1 is 1.00 bits per heavy atom. The monoisotopic (exact) mass is 587 g/mol. The van der Waals surface area contributed by atoms with Gasteiger partial charge in [-0.1, -0.05) is 63.7 Å². The number of ether oxygens (including phenoxy) is 2. The second kappa shape index (κ2) is 19.9. The molecule has 0 aliphatic heterocycles. The number of aryl methyl sites for hydroxylation is 1. The molecular weight excluding hydrogens is 552 g/mol. The van der Waals surface area contributed by atoms with Gasteiger partial charge < -0.3 is 15.2 Å². The van der Waals surface area contributed by atoms with Gasteiger partial charge in [-0.3, -0.25) is 0 Å². The van der Waals surface area contributed by atoms with Crippen molar-refractivity contribution in [2.75, 3.05) is 19.9 Å². The zero-order valence-electron chi connectivity index (χ0n) is 16.3. The van der Waals surface area contributed by atoms with Gasteiger partial charge in [0.05, 0.1) is 13.3 Å². The molecule has 3 nitrogen and oxygen atoms in total. The predicted octanol–water partition coefficient (Wildman–Crippen LogP) is 7.10. The average molecular weight is 587 g/mol. The highest BCUT2D eigenvalue weighted by molar-refractivity contribution is 15.0. The van der Waals surface area contributed by atoms with E-state index in [0.717, 1.165) is 17.7 Å².